The molecule has 2 aliphatic rings. The summed E-state index contributed by atoms with van der Waals surface area (Å²) < 4.78 is 25.4. The highest BCUT2D eigenvalue weighted by Gasteiger charge is 2.35. The monoisotopic (exact) mass is 370 g/mol. The number of piperidine rings is 1. The zero-order chi connectivity index (χ0) is 18.1. The lowest BCUT2D eigenvalue weighted by Crippen LogP contribution is -2.35. The zero-order valence-electron chi connectivity index (χ0n) is 15.2. The van der Waals surface area contributed by atoms with Crippen molar-refractivity contribution in [1.29, 1.82) is 0 Å². The SMILES string of the molecule is CS(=O)(=O)Nc1cccc(-c2ccc([C@@H]3CC[C@@H]4CCCCN43)cc2)c1. The minimum Gasteiger partial charge on any atom is -0.293 e. The van der Waals surface area contributed by atoms with Crippen LogP contribution in [0.25, 0.3) is 11.1 Å². The van der Waals surface area contributed by atoms with Gasteiger partial charge in [-0.3, -0.25) is 9.62 Å². The Labute approximate surface area is 156 Å². The Morgan fingerprint density at radius 2 is 1.77 bits per heavy atom. The number of fused-ring (bicyclic) bond motifs is 1. The van der Waals surface area contributed by atoms with Gasteiger partial charge in [-0.05, 0) is 61.1 Å². The summed E-state index contributed by atoms with van der Waals surface area (Å²) in [4.78, 5) is 2.70. The number of hydrogen-bond donors (Lipinski definition) is 1. The lowest BCUT2D eigenvalue weighted by Gasteiger charge is -2.34. The predicted octanol–water partition coefficient (Wildman–Crippen LogP) is 4.41. The first-order chi connectivity index (χ1) is 12.5. The van der Waals surface area contributed by atoms with Crippen LogP contribution >= 0.6 is 0 Å². The standard InChI is InChI=1S/C21H26N2O2S/c1-26(24,25)22-19-6-4-5-18(15-19)16-8-10-17(11-9-16)21-13-12-20-7-2-3-14-23(20)21/h4-6,8-11,15,20-22H,2-3,7,12-14H2,1H3/t20-,21-/m0/s1. The number of rotatable bonds is 4. The molecule has 2 saturated heterocycles. The third-order valence-electron chi connectivity index (χ3n) is 5.64. The summed E-state index contributed by atoms with van der Waals surface area (Å²) in [6.07, 6.45) is 7.82. The largest absolute Gasteiger partial charge is 0.293 e. The Balaban J connectivity index is 1.54. The van der Waals surface area contributed by atoms with Crippen molar-refractivity contribution in [3.05, 3.63) is 54.1 Å². The van der Waals surface area contributed by atoms with Gasteiger partial charge in [0.2, 0.25) is 10.0 Å². The summed E-state index contributed by atoms with van der Waals surface area (Å²) in [5.74, 6) is 0. The van der Waals surface area contributed by atoms with Crippen molar-refractivity contribution < 1.29 is 8.42 Å². The van der Waals surface area contributed by atoms with Crippen LogP contribution in [0.2, 0.25) is 0 Å². The molecule has 0 aliphatic carbocycles. The first-order valence-corrected chi connectivity index (χ1v) is 11.3. The van der Waals surface area contributed by atoms with Crippen LogP contribution in [0.3, 0.4) is 0 Å². The third-order valence-corrected chi connectivity index (χ3v) is 6.25. The minimum atomic E-state index is -3.26. The normalized spacial score (nSPS) is 23.6. The zero-order valence-corrected chi connectivity index (χ0v) is 16.0. The van der Waals surface area contributed by atoms with Crippen molar-refractivity contribution in [2.75, 3.05) is 17.5 Å². The molecule has 138 valence electrons. The fraction of sp³-hybridized carbons (Fsp3) is 0.429. The predicted molar refractivity (Wildman–Crippen MR) is 107 cm³/mol. The molecular formula is C21H26N2O2S. The number of nitrogens with one attached hydrogen (secondary N) is 1. The van der Waals surface area contributed by atoms with E-state index in [2.05, 4.69) is 33.9 Å². The maximum Gasteiger partial charge on any atom is 0.229 e. The van der Waals surface area contributed by atoms with Crippen LogP contribution in [0.15, 0.2) is 48.5 Å². The second-order valence-electron chi connectivity index (χ2n) is 7.56. The average molecular weight is 371 g/mol. The van der Waals surface area contributed by atoms with E-state index in [0.717, 1.165) is 17.2 Å². The van der Waals surface area contributed by atoms with E-state index in [1.54, 1.807) is 6.07 Å². The van der Waals surface area contributed by atoms with E-state index >= 15 is 0 Å². The molecule has 2 atom stereocenters. The molecule has 0 bridgehead atoms. The lowest BCUT2D eigenvalue weighted by molar-refractivity contribution is 0.150. The highest BCUT2D eigenvalue weighted by molar-refractivity contribution is 7.92. The van der Waals surface area contributed by atoms with E-state index in [1.807, 2.05) is 18.2 Å². The summed E-state index contributed by atoms with van der Waals surface area (Å²) in [7, 11) is -3.26. The number of hydrogen-bond acceptors (Lipinski definition) is 3. The molecule has 2 aliphatic heterocycles. The van der Waals surface area contributed by atoms with Crippen LogP contribution in [0.5, 0.6) is 0 Å². The molecular weight excluding hydrogens is 344 g/mol. The van der Waals surface area contributed by atoms with Crippen LogP contribution in [-0.4, -0.2) is 32.2 Å². The lowest BCUT2D eigenvalue weighted by atomic mass is 9.99. The highest BCUT2D eigenvalue weighted by Crippen LogP contribution is 2.40. The summed E-state index contributed by atoms with van der Waals surface area (Å²) in [5.41, 5.74) is 4.14. The van der Waals surface area contributed by atoms with Crippen LogP contribution < -0.4 is 4.72 Å². The molecule has 4 nitrogen and oxygen atoms in total. The van der Waals surface area contributed by atoms with Gasteiger partial charge in [-0.15, -0.1) is 0 Å². The number of benzene rings is 2. The molecule has 2 fully saturated rings. The molecule has 1 N–H and O–H groups in total. The second kappa shape index (κ2) is 7.05. The van der Waals surface area contributed by atoms with Crippen LogP contribution in [0.4, 0.5) is 5.69 Å². The van der Waals surface area contributed by atoms with Crippen molar-refractivity contribution >= 4 is 15.7 Å². The maximum atomic E-state index is 11.4. The first-order valence-electron chi connectivity index (χ1n) is 9.43. The molecule has 26 heavy (non-hydrogen) atoms. The van der Waals surface area contributed by atoms with Crippen molar-refractivity contribution in [1.82, 2.24) is 4.90 Å². The van der Waals surface area contributed by atoms with E-state index in [0.29, 0.717) is 11.7 Å². The molecule has 0 unspecified atom stereocenters. The molecule has 0 aromatic heterocycles. The number of anilines is 1. The fourth-order valence-electron chi connectivity index (χ4n) is 4.49. The van der Waals surface area contributed by atoms with Crippen LogP contribution in [0, 0.1) is 0 Å². The Morgan fingerprint density at radius 3 is 2.54 bits per heavy atom. The summed E-state index contributed by atoms with van der Waals surface area (Å²) in [5, 5.41) is 0. The average Bonchev–Trinajstić information content (AvgIpc) is 3.05. The molecule has 5 heteroatoms. The van der Waals surface area contributed by atoms with Crippen molar-refractivity contribution in [2.24, 2.45) is 0 Å². The molecule has 2 aromatic carbocycles. The van der Waals surface area contributed by atoms with Crippen molar-refractivity contribution in [3.8, 4) is 11.1 Å². The van der Waals surface area contributed by atoms with Crippen LogP contribution in [0.1, 0.15) is 43.7 Å². The fourth-order valence-corrected chi connectivity index (χ4v) is 5.05. The minimum absolute atomic E-state index is 0.563. The number of nitrogens with zero attached hydrogens (tertiary/aromatic N) is 1. The van der Waals surface area contributed by atoms with Gasteiger partial charge in [-0.1, -0.05) is 42.8 Å². The van der Waals surface area contributed by atoms with Gasteiger partial charge in [0.1, 0.15) is 0 Å². The smallest absolute Gasteiger partial charge is 0.229 e. The van der Waals surface area contributed by atoms with Gasteiger partial charge in [-0.25, -0.2) is 8.42 Å². The summed E-state index contributed by atoms with van der Waals surface area (Å²) >= 11 is 0. The Bertz CT molecular complexity index is 877. The van der Waals surface area contributed by atoms with Gasteiger partial charge in [0, 0.05) is 17.8 Å². The molecule has 2 aromatic rings. The van der Waals surface area contributed by atoms with Crippen molar-refractivity contribution in [2.45, 2.75) is 44.2 Å². The molecule has 0 spiro atoms. The van der Waals surface area contributed by atoms with Gasteiger partial charge >= 0.3 is 0 Å². The van der Waals surface area contributed by atoms with E-state index in [9.17, 15) is 8.42 Å². The van der Waals surface area contributed by atoms with E-state index in [4.69, 9.17) is 0 Å². The third kappa shape index (κ3) is 3.79. The van der Waals surface area contributed by atoms with Gasteiger partial charge in [0.15, 0.2) is 0 Å². The van der Waals surface area contributed by atoms with Crippen LogP contribution in [-0.2, 0) is 10.0 Å². The van der Waals surface area contributed by atoms with Gasteiger partial charge < -0.3 is 0 Å². The molecule has 4 rings (SSSR count). The Hall–Kier alpha value is -1.85. The maximum absolute atomic E-state index is 11.4. The summed E-state index contributed by atoms with van der Waals surface area (Å²) in [6.45, 7) is 1.23. The van der Waals surface area contributed by atoms with Gasteiger partial charge in [0.05, 0.1) is 6.26 Å². The van der Waals surface area contributed by atoms with E-state index in [-0.39, 0.29) is 0 Å². The molecule has 0 radical (unpaired) electrons. The molecule has 2 heterocycles. The van der Waals surface area contributed by atoms with E-state index < -0.39 is 10.0 Å². The van der Waals surface area contributed by atoms with Gasteiger partial charge in [0.25, 0.3) is 0 Å². The summed E-state index contributed by atoms with van der Waals surface area (Å²) in [6, 6.07) is 17.7. The Morgan fingerprint density at radius 1 is 0.962 bits per heavy atom. The topological polar surface area (TPSA) is 49.4 Å². The first kappa shape index (κ1) is 17.6. The van der Waals surface area contributed by atoms with Crippen molar-refractivity contribution in [3.63, 3.8) is 0 Å². The molecule has 0 amide bonds. The number of sulfonamides is 1. The second-order valence-corrected chi connectivity index (χ2v) is 9.31. The molecule has 0 saturated carbocycles. The van der Waals surface area contributed by atoms with Gasteiger partial charge in [-0.2, -0.15) is 0 Å². The quantitative estimate of drug-likeness (QED) is 0.867. The van der Waals surface area contributed by atoms with E-state index in [1.165, 1.54) is 50.5 Å². The Kier molecular flexibility index (Phi) is 4.76. The highest BCUT2D eigenvalue weighted by atomic mass is 32.2.